The molecular formula is C17H26BrFN2. The van der Waals surface area contributed by atoms with Crippen molar-refractivity contribution in [1.82, 2.24) is 10.2 Å². The van der Waals surface area contributed by atoms with Crippen molar-refractivity contribution < 1.29 is 4.39 Å². The van der Waals surface area contributed by atoms with E-state index in [0.717, 1.165) is 36.2 Å². The Bertz CT molecular complexity index is 450. The van der Waals surface area contributed by atoms with Crippen LogP contribution in [0.3, 0.4) is 0 Å². The third-order valence-electron chi connectivity index (χ3n) is 3.85. The maximum atomic E-state index is 13.5. The lowest BCUT2D eigenvalue weighted by molar-refractivity contribution is 0.159. The van der Waals surface area contributed by atoms with Gasteiger partial charge in [0.05, 0.1) is 0 Å². The Labute approximate surface area is 136 Å². The number of hydrogen-bond donors (Lipinski definition) is 1. The first-order valence-corrected chi connectivity index (χ1v) is 8.53. The first-order valence-electron chi connectivity index (χ1n) is 7.74. The molecule has 1 atom stereocenters. The van der Waals surface area contributed by atoms with E-state index in [-0.39, 0.29) is 11.4 Å². The van der Waals surface area contributed by atoms with Crippen LogP contribution in [0.15, 0.2) is 22.7 Å². The molecule has 1 N–H and O–H groups in total. The highest BCUT2D eigenvalue weighted by molar-refractivity contribution is 9.10. The van der Waals surface area contributed by atoms with Crippen LogP contribution in [0, 0.1) is 11.7 Å². The van der Waals surface area contributed by atoms with Gasteiger partial charge in [-0.2, -0.15) is 0 Å². The Balaban J connectivity index is 1.89. The molecule has 1 unspecified atom stereocenters. The number of piperidine rings is 1. The van der Waals surface area contributed by atoms with Crippen LogP contribution in [-0.2, 0) is 6.54 Å². The van der Waals surface area contributed by atoms with Crippen LogP contribution in [0.5, 0.6) is 0 Å². The van der Waals surface area contributed by atoms with Gasteiger partial charge in [0.1, 0.15) is 5.82 Å². The van der Waals surface area contributed by atoms with Crippen LogP contribution in [0.25, 0.3) is 0 Å². The zero-order chi connectivity index (χ0) is 15.5. The van der Waals surface area contributed by atoms with Gasteiger partial charge in [0.25, 0.3) is 0 Å². The van der Waals surface area contributed by atoms with Crippen molar-refractivity contribution in [2.45, 2.75) is 45.7 Å². The largest absolute Gasteiger partial charge is 0.312 e. The van der Waals surface area contributed by atoms with Crippen molar-refractivity contribution in [3.05, 3.63) is 34.1 Å². The fourth-order valence-corrected chi connectivity index (χ4v) is 3.39. The fraction of sp³-hybridized carbons (Fsp3) is 0.647. The Kier molecular flexibility index (Phi) is 5.81. The second-order valence-electron chi connectivity index (χ2n) is 7.15. The summed E-state index contributed by atoms with van der Waals surface area (Å²) in [5.41, 5.74) is 1.22. The first-order chi connectivity index (χ1) is 9.82. The summed E-state index contributed by atoms with van der Waals surface area (Å²) in [6.45, 7) is 10.7. The molecule has 1 aromatic rings. The standard InChI is InChI=1S/C17H26BrFN2/c1-17(2,3)20-10-13-5-4-6-21(11-13)12-14-7-15(18)9-16(19)8-14/h7-9,13,20H,4-6,10-12H2,1-3H3. The summed E-state index contributed by atoms with van der Waals surface area (Å²) in [6.07, 6.45) is 2.51. The highest BCUT2D eigenvalue weighted by Crippen LogP contribution is 2.21. The molecule has 1 aliphatic heterocycles. The van der Waals surface area contributed by atoms with Crippen molar-refractivity contribution in [2.75, 3.05) is 19.6 Å². The van der Waals surface area contributed by atoms with Crippen molar-refractivity contribution in [1.29, 1.82) is 0 Å². The summed E-state index contributed by atoms with van der Waals surface area (Å²) in [5, 5.41) is 3.60. The molecule has 1 aromatic carbocycles. The quantitative estimate of drug-likeness (QED) is 0.869. The zero-order valence-electron chi connectivity index (χ0n) is 13.3. The van der Waals surface area contributed by atoms with E-state index in [9.17, 15) is 4.39 Å². The summed E-state index contributed by atoms with van der Waals surface area (Å²) in [4.78, 5) is 2.44. The molecule has 0 aromatic heterocycles. The predicted molar refractivity (Wildman–Crippen MR) is 89.9 cm³/mol. The normalized spacial score (nSPS) is 20.7. The molecule has 1 aliphatic rings. The van der Waals surface area contributed by atoms with E-state index in [2.05, 4.69) is 46.9 Å². The summed E-state index contributed by atoms with van der Waals surface area (Å²) in [5.74, 6) is 0.525. The highest BCUT2D eigenvalue weighted by atomic mass is 79.9. The molecule has 118 valence electrons. The lowest BCUT2D eigenvalue weighted by atomic mass is 9.96. The molecule has 2 nitrogen and oxygen atoms in total. The monoisotopic (exact) mass is 356 g/mol. The number of hydrogen-bond acceptors (Lipinski definition) is 2. The predicted octanol–water partition coefficient (Wildman–Crippen LogP) is 4.19. The molecule has 4 heteroatoms. The number of rotatable bonds is 4. The summed E-state index contributed by atoms with van der Waals surface area (Å²) < 4.78 is 14.3. The first kappa shape index (κ1) is 16.9. The second-order valence-corrected chi connectivity index (χ2v) is 8.07. The molecule has 0 bridgehead atoms. The van der Waals surface area contributed by atoms with Crippen molar-refractivity contribution in [2.24, 2.45) is 5.92 Å². The van der Waals surface area contributed by atoms with E-state index in [0.29, 0.717) is 5.92 Å². The molecule has 0 saturated carbocycles. The van der Waals surface area contributed by atoms with Gasteiger partial charge in [0, 0.05) is 23.1 Å². The van der Waals surface area contributed by atoms with Crippen molar-refractivity contribution >= 4 is 15.9 Å². The lowest BCUT2D eigenvalue weighted by Gasteiger charge is -2.34. The van der Waals surface area contributed by atoms with Crippen LogP contribution in [0.2, 0.25) is 0 Å². The minimum absolute atomic E-state index is 0.165. The fourth-order valence-electron chi connectivity index (χ4n) is 2.87. The third-order valence-corrected chi connectivity index (χ3v) is 4.31. The number of benzene rings is 1. The summed E-state index contributed by atoms with van der Waals surface area (Å²) in [7, 11) is 0. The number of nitrogens with zero attached hydrogens (tertiary/aromatic N) is 1. The molecule has 0 amide bonds. The van der Waals surface area contributed by atoms with Gasteiger partial charge < -0.3 is 5.32 Å². The van der Waals surface area contributed by atoms with E-state index in [1.54, 1.807) is 6.07 Å². The molecule has 1 heterocycles. The van der Waals surface area contributed by atoms with Crippen molar-refractivity contribution in [3.63, 3.8) is 0 Å². The van der Waals surface area contributed by atoms with E-state index in [1.165, 1.54) is 18.9 Å². The van der Waals surface area contributed by atoms with Crippen LogP contribution in [0.4, 0.5) is 4.39 Å². The molecule has 0 radical (unpaired) electrons. The number of halogens is 2. The average molecular weight is 357 g/mol. The molecule has 1 saturated heterocycles. The molecule has 21 heavy (non-hydrogen) atoms. The number of likely N-dealkylation sites (tertiary alicyclic amines) is 1. The van der Waals surface area contributed by atoms with Gasteiger partial charge in [0.15, 0.2) is 0 Å². The Morgan fingerprint density at radius 2 is 2.10 bits per heavy atom. The van der Waals surface area contributed by atoms with E-state index in [1.807, 2.05) is 6.07 Å². The SMILES string of the molecule is CC(C)(C)NCC1CCCN(Cc2cc(F)cc(Br)c2)C1. The van der Waals surface area contributed by atoms with Crippen molar-refractivity contribution in [3.8, 4) is 0 Å². The molecular weight excluding hydrogens is 331 g/mol. The van der Waals surface area contributed by atoms with Crippen LogP contribution < -0.4 is 5.32 Å². The van der Waals surface area contributed by atoms with Gasteiger partial charge in [-0.15, -0.1) is 0 Å². The summed E-state index contributed by atoms with van der Waals surface area (Å²) in [6, 6.07) is 5.16. The third kappa shape index (κ3) is 6.05. The highest BCUT2D eigenvalue weighted by Gasteiger charge is 2.21. The van der Waals surface area contributed by atoms with E-state index in [4.69, 9.17) is 0 Å². The summed E-state index contributed by atoms with van der Waals surface area (Å²) >= 11 is 3.37. The minimum atomic E-state index is -0.165. The average Bonchev–Trinajstić information content (AvgIpc) is 2.35. The van der Waals surface area contributed by atoms with Crippen LogP contribution >= 0.6 is 15.9 Å². The molecule has 2 rings (SSSR count). The van der Waals surface area contributed by atoms with Gasteiger partial charge in [-0.3, -0.25) is 4.90 Å². The Morgan fingerprint density at radius 1 is 1.33 bits per heavy atom. The molecule has 0 aliphatic carbocycles. The van der Waals surface area contributed by atoms with Gasteiger partial charge in [0.2, 0.25) is 0 Å². The maximum absolute atomic E-state index is 13.5. The molecule has 0 spiro atoms. The van der Waals surface area contributed by atoms with Gasteiger partial charge in [-0.25, -0.2) is 4.39 Å². The zero-order valence-corrected chi connectivity index (χ0v) is 14.8. The smallest absolute Gasteiger partial charge is 0.124 e. The Morgan fingerprint density at radius 3 is 2.76 bits per heavy atom. The number of nitrogens with one attached hydrogen (secondary N) is 1. The maximum Gasteiger partial charge on any atom is 0.124 e. The van der Waals surface area contributed by atoms with Gasteiger partial charge in [-0.1, -0.05) is 15.9 Å². The topological polar surface area (TPSA) is 15.3 Å². The van der Waals surface area contributed by atoms with Gasteiger partial charge in [-0.05, 0) is 76.4 Å². The van der Waals surface area contributed by atoms with Crippen LogP contribution in [-0.4, -0.2) is 30.1 Å². The van der Waals surface area contributed by atoms with E-state index < -0.39 is 0 Å². The van der Waals surface area contributed by atoms with Gasteiger partial charge >= 0.3 is 0 Å². The molecule has 1 fully saturated rings. The second kappa shape index (κ2) is 7.21. The Hall–Kier alpha value is -0.450. The lowest BCUT2D eigenvalue weighted by Crippen LogP contribution is -2.44. The van der Waals surface area contributed by atoms with Crippen LogP contribution in [0.1, 0.15) is 39.2 Å². The minimum Gasteiger partial charge on any atom is -0.312 e. The van der Waals surface area contributed by atoms with E-state index >= 15 is 0 Å².